The van der Waals surface area contributed by atoms with E-state index in [9.17, 15) is 18.0 Å². The fourth-order valence-electron chi connectivity index (χ4n) is 2.16. The molecule has 2 rings (SSSR count). The van der Waals surface area contributed by atoms with E-state index in [2.05, 4.69) is 34.2 Å². The number of halogens is 3. The average Bonchev–Trinajstić information content (AvgIpc) is 3.09. The van der Waals surface area contributed by atoms with Gasteiger partial charge in [0.05, 0.1) is 16.3 Å². The summed E-state index contributed by atoms with van der Waals surface area (Å²) in [5.41, 5.74) is 1.06. The van der Waals surface area contributed by atoms with Crippen molar-refractivity contribution in [1.82, 2.24) is 10.3 Å². The van der Waals surface area contributed by atoms with Gasteiger partial charge in [-0.25, -0.2) is 9.78 Å². The van der Waals surface area contributed by atoms with Crippen LogP contribution in [0.15, 0.2) is 23.6 Å². The zero-order valence-corrected chi connectivity index (χ0v) is 16.1. The number of rotatable bonds is 7. The van der Waals surface area contributed by atoms with Crippen molar-refractivity contribution in [1.29, 1.82) is 5.26 Å². The Bertz CT molecular complexity index is 859. The summed E-state index contributed by atoms with van der Waals surface area (Å²) < 4.78 is 41.3. The van der Waals surface area contributed by atoms with Gasteiger partial charge in [0.2, 0.25) is 0 Å². The second-order valence-electron chi connectivity index (χ2n) is 6.19. The molecule has 2 N–H and O–H groups in total. The highest BCUT2D eigenvalue weighted by atomic mass is 32.1. The molecule has 0 spiro atoms. The number of alkyl halides is 3. The molecule has 0 radical (unpaired) electrons. The molecular weight excluding hydrogens is 393 g/mol. The molecule has 1 aromatic carbocycles. The maximum Gasteiger partial charge on any atom is 0.422 e. The minimum Gasteiger partial charge on any atom is -0.483 e. The van der Waals surface area contributed by atoms with Crippen LogP contribution in [0.3, 0.4) is 0 Å². The lowest BCUT2D eigenvalue weighted by atomic mass is 10.2. The van der Waals surface area contributed by atoms with E-state index in [1.807, 2.05) is 5.38 Å². The third-order valence-corrected chi connectivity index (χ3v) is 4.67. The van der Waals surface area contributed by atoms with Gasteiger partial charge in [-0.15, -0.1) is 11.3 Å². The van der Waals surface area contributed by atoms with Crippen molar-refractivity contribution in [2.24, 2.45) is 0 Å². The van der Waals surface area contributed by atoms with Crippen molar-refractivity contribution in [2.45, 2.75) is 32.4 Å². The molecular formula is C18H19F3N4O2S. The van der Waals surface area contributed by atoms with Gasteiger partial charge in [0.15, 0.2) is 6.61 Å². The molecule has 1 heterocycles. The number of nitrogens with zero attached hydrogens (tertiary/aromatic N) is 2. The summed E-state index contributed by atoms with van der Waals surface area (Å²) in [6.07, 6.45) is -3.93. The first-order chi connectivity index (χ1) is 13.2. The van der Waals surface area contributed by atoms with E-state index in [1.54, 1.807) is 17.4 Å². The van der Waals surface area contributed by atoms with Crippen LogP contribution in [-0.2, 0) is 6.42 Å². The highest BCUT2D eigenvalue weighted by Crippen LogP contribution is 2.25. The fraction of sp³-hybridized carbons (Fsp3) is 0.389. The number of nitriles is 1. The highest BCUT2D eigenvalue weighted by Gasteiger charge is 2.28. The van der Waals surface area contributed by atoms with Crippen LogP contribution in [0.5, 0.6) is 5.75 Å². The minimum atomic E-state index is -4.50. The van der Waals surface area contributed by atoms with Gasteiger partial charge in [0.25, 0.3) is 0 Å². The molecule has 0 fully saturated rings. The van der Waals surface area contributed by atoms with Gasteiger partial charge in [0.1, 0.15) is 11.8 Å². The highest BCUT2D eigenvalue weighted by molar-refractivity contribution is 7.09. The molecule has 28 heavy (non-hydrogen) atoms. The van der Waals surface area contributed by atoms with E-state index in [0.717, 1.165) is 10.7 Å². The van der Waals surface area contributed by atoms with Gasteiger partial charge >= 0.3 is 12.2 Å². The van der Waals surface area contributed by atoms with Gasteiger partial charge < -0.3 is 15.4 Å². The van der Waals surface area contributed by atoms with Gasteiger partial charge in [0, 0.05) is 30.0 Å². The first-order valence-electron chi connectivity index (χ1n) is 8.41. The monoisotopic (exact) mass is 412 g/mol. The zero-order chi connectivity index (χ0) is 20.7. The number of aromatic nitrogens is 1. The average molecular weight is 412 g/mol. The summed E-state index contributed by atoms with van der Waals surface area (Å²) in [5, 5.41) is 17.3. The summed E-state index contributed by atoms with van der Waals surface area (Å²) in [6.45, 7) is 2.99. The van der Waals surface area contributed by atoms with Crippen LogP contribution in [-0.4, -0.2) is 30.3 Å². The van der Waals surface area contributed by atoms with E-state index in [1.165, 1.54) is 18.2 Å². The Labute approximate surface area is 164 Å². The summed E-state index contributed by atoms with van der Waals surface area (Å²) in [6, 6.07) is 5.08. The molecule has 2 aromatic rings. The topological polar surface area (TPSA) is 87.0 Å². The molecule has 0 saturated carbocycles. The number of benzene rings is 1. The fourth-order valence-corrected chi connectivity index (χ4v) is 3.03. The van der Waals surface area contributed by atoms with Gasteiger partial charge in [-0.1, -0.05) is 13.8 Å². The number of anilines is 1. The number of carbonyl (C=O) groups excluding carboxylic acids is 1. The molecule has 0 bridgehead atoms. The first kappa shape index (κ1) is 21.5. The molecule has 0 aliphatic carbocycles. The molecule has 2 amide bonds. The summed E-state index contributed by atoms with van der Waals surface area (Å²) in [5.74, 6) is 0.155. The number of carbonyl (C=O) groups is 1. The molecule has 0 aliphatic heterocycles. The maximum absolute atomic E-state index is 12.2. The van der Waals surface area contributed by atoms with E-state index in [-0.39, 0.29) is 17.0 Å². The van der Waals surface area contributed by atoms with Crippen molar-refractivity contribution in [3.63, 3.8) is 0 Å². The number of thiazole rings is 1. The van der Waals surface area contributed by atoms with E-state index in [0.29, 0.717) is 18.9 Å². The Morgan fingerprint density at radius 1 is 1.39 bits per heavy atom. The van der Waals surface area contributed by atoms with Gasteiger partial charge in [-0.2, -0.15) is 18.4 Å². The van der Waals surface area contributed by atoms with E-state index in [4.69, 9.17) is 5.26 Å². The Morgan fingerprint density at radius 2 is 2.14 bits per heavy atom. The SMILES string of the molecule is CC(C)c1nc(CCNC(=O)Nc2ccc(OCC(F)(F)F)c(C#N)c2)cs1. The summed E-state index contributed by atoms with van der Waals surface area (Å²) in [7, 11) is 0. The van der Waals surface area contributed by atoms with E-state index < -0.39 is 18.8 Å². The quantitative estimate of drug-likeness (QED) is 0.704. The molecule has 0 aliphatic rings. The lowest BCUT2D eigenvalue weighted by molar-refractivity contribution is -0.153. The van der Waals surface area contributed by atoms with Crippen LogP contribution in [0.4, 0.5) is 23.7 Å². The van der Waals surface area contributed by atoms with Crippen LogP contribution in [0.2, 0.25) is 0 Å². The van der Waals surface area contributed by atoms with Crippen LogP contribution in [0, 0.1) is 11.3 Å². The number of ether oxygens (including phenoxy) is 1. The molecule has 0 unspecified atom stereocenters. The Kier molecular flexibility index (Phi) is 7.23. The number of hydrogen-bond donors (Lipinski definition) is 2. The van der Waals surface area contributed by atoms with Crippen LogP contribution < -0.4 is 15.4 Å². The van der Waals surface area contributed by atoms with Crippen molar-refractivity contribution in [3.05, 3.63) is 39.8 Å². The lowest BCUT2D eigenvalue weighted by Gasteiger charge is -2.12. The second-order valence-corrected chi connectivity index (χ2v) is 7.08. The van der Waals surface area contributed by atoms with Gasteiger partial charge in [-0.05, 0) is 18.2 Å². The van der Waals surface area contributed by atoms with Crippen LogP contribution in [0.25, 0.3) is 0 Å². The second kappa shape index (κ2) is 9.41. The normalized spacial score (nSPS) is 11.2. The molecule has 0 atom stereocenters. The number of hydrogen-bond acceptors (Lipinski definition) is 5. The number of urea groups is 1. The van der Waals surface area contributed by atoms with Crippen molar-refractivity contribution >= 4 is 23.1 Å². The predicted molar refractivity (Wildman–Crippen MR) is 99.6 cm³/mol. The summed E-state index contributed by atoms with van der Waals surface area (Å²) >= 11 is 1.58. The largest absolute Gasteiger partial charge is 0.483 e. The molecule has 0 saturated heterocycles. The summed E-state index contributed by atoms with van der Waals surface area (Å²) in [4.78, 5) is 16.4. The Morgan fingerprint density at radius 3 is 2.75 bits per heavy atom. The Balaban J connectivity index is 1.86. The first-order valence-corrected chi connectivity index (χ1v) is 9.28. The number of nitrogens with one attached hydrogen (secondary N) is 2. The third kappa shape index (κ3) is 6.74. The van der Waals surface area contributed by atoms with E-state index >= 15 is 0 Å². The van der Waals surface area contributed by atoms with Crippen molar-refractivity contribution < 1.29 is 22.7 Å². The predicted octanol–water partition coefficient (Wildman–Crippen LogP) is 4.44. The van der Waals surface area contributed by atoms with Gasteiger partial charge in [-0.3, -0.25) is 0 Å². The van der Waals surface area contributed by atoms with Crippen LogP contribution in [0.1, 0.15) is 36.0 Å². The lowest BCUT2D eigenvalue weighted by Crippen LogP contribution is -2.30. The molecule has 1 aromatic heterocycles. The molecule has 10 heteroatoms. The zero-order valence-electron chi connectivity index (χ0n) is 15.3. The molecule has 150 valence electrons. The minimum absolute atomic E-state index is 0.106. The number of amides is 2. The standard InChI is InChI=1S/C18H19F3N4O2S/c1-11(2)16-24-14(9-28-16)5-6-23-17(26)25-13-3-4-15(12(7-13)8-22)27-10-18(19,20)21/h3-4,7,9,11H,5-6,10H2,1-2H3,(H2,23,25,26). The smallest absolute Gasteiger partial charge is 0.422 e. The Hall–Kier alpha value is -2.80. The van der Waals surface area contributed by atoms with Crippen LogP contribution >= 0.6 is 11.3 Å². The van der Waals surface area contributed by atoms with Crippen molar-refractivity contribution in [3.8, 4) is 11.8 Å². The third-order valence-electron chi connectivity index (χ3n) is 3.48. The maximum atomic E-state index is 12.2. The molecule has 6 nitrogen and oxygen atoms in total. The van der Waals surface area contributed by atoms with Crippen molar-refractivity contribution in [2.75, 3.05) is 18.5 Å².